The first-order chi connectivity index (χ1) is 10.7. The van der Waals surface area contributed by atoms with E-state index in [0.29, 0.717) is 12.5 Å². The highest BCUT2D eigenvalue weighted by molar-refractivity contribution is 6.30. The Morgan fingerprint density at radius 2 is 2.14 bits per heavy atom. The normalized spacial score (nSPS) is 21.0. The third-order valence-corrected chi connectivity index (χ3v) is 4.30. The van der Waals surface area contributed by atoms with Crippen molar-refractivity contribution in [1.29, 1.82) is 0 Å². The third-order valence-electron chi connectivity index (χ3n) is 4.04. The van der Waals surface area contributed by atoms with Gasteiger partial charge < -0.3 is 9.26 Å². The Labute approximate surface area is 135 Å². The van der Waals surface area contributed by atoms with Gasteiger partial charge in [-0.2, -0.15) is 4.98 Å². The fourth-order valence-corrected chi connectivity index (χ4v) is 2.76. The number of aromatic nitrogens is 2. The lowest BCUT2D eigenvalue weighted by Crippen LogP contribution is -2.40. The van der Waals surface area contributed by atoms with Crippen LogP contribution in [0, 0.1) is 0 Å². The fourth-order valence-electron chi connectivity index (χ4n) is 2.64. The second kappa shape index (κ2) is 6.77. The van der Waals surface area contributed by atoms with Crippen molar-refractivity contribution < 1.29 is 9.26 Å². The van der Waals surface area contributed by atoms with Crippen molar-refractivity contribution >= 4 is 11.6 Å². The van der Waals surface area contributed by atoms with Crippen LogP contribution in [0.15, 0.2) is 28.8 Å². The molecule has 1 aliphatic heterocycles. The summed E-state index contributed by atoms with van der Waals surface area (Å²) >= 11 is 5.95. The van der Waals surface area contributed by atoms with Crippen LogP contribution in [0.1, 0.15) is 43.3 Å². The quantitative estimate of drug-likeness (QED) is 0.863. The SMILES string of the molecule is CCc1noc(C(C)N2CCOC(c3ccc(Cl)cc3)C2)n1. The minimum Gasteiger partial charge on any atom is -0.371 e. The van der Waals surface area contributed by atoms with Crippen molar-refractivity contribution in [3.05, 3.63) is 46.6 Å². The van der Waals surface area contributed by atoms with E-state index in [4.69, 9.17) is 20.9 Å². The first-order valence-electron chi connectivity index (χ1n) is 7.61. The molecule has 0 spiro atoms. The van der Waals surface area contributed by atoms with Crippen LogP contribution in [0.2, 0.25) is 5.02 Å². The molecule has 0 aliphatic carbocycles. The Morgan fingerprint density at radius 1 is 1.36 bits per heavy atom. The highest BCUT2D eigenvalue weighted by Crippen LogP contribution is 2.28. The number of ether oxygens (including phenoxy) is 1. The summed E-state index contributed by atoms with van der Waals surface area (Å²) in [6.07, 6.45) is 0.828. The molecule has 2 atom stereocenters. The molecule has 0 N–H and O–H groups in total. The van der Waals surface area contributed by atoms with E-state index in [2.05, 4.69) is 22.0 Å². The lowest BCUT2D eigenvalue weighted by atomic mass is 10.1. The summed E-state index contributed by atoms with van der Waals surface area (Å²) in [7, 11) is 0. The molecule has 1 aliphatic rings. The van der Waals surface area contributed by atoms with Crippen molar-refractivity contribution in [3.8, 4) is 0 Å². The van der Waals surface area contributed by atoms with Crippen molar-refractivity contribution in [2.75, 3.05) is 19.7 Å². The average molecular weight is 322 g/mol. The molecular formula is C16H20ClN3O2. The Bertz CT molecular complexity index is 614. The molecule has 1 fully saturated rings. The molecule has 2 unspecified atom stereocenters. The van der Waals surface area contributed by atoms with Crippen LogP contribution < -0.4 is 0 Å². The number of aryl methyl sites for hydroxylation is 1. The number of rotatable bonds is 4. The molecule has 0 amide bonds. The van der Waals surface area contributed by atoms with Crippen LogP contribution in [0.4, 0.5) is 0 Å². The van der Waals surface area contributed by atoms with E-state index < -0.39 is 0 Å². The van der Waals surface area contributed by atoms with Crippen molar-refractivity contribution in [2.24, 2.45) is 0 Å². The predicted molar refractivity (Wildman–Crippen MR) is 83.8 cm³/mol. The molecule has 5 nitrogen and oxygen atoms in total. The molecule has 2 heterocycles. The molecule has 2 aromatic rings. The summed E-state index contributed by atoms with van der Waals surface area (Å²) in [5, 5.41) is 4.72. The number of hydrogen-bond donors (Lipinski definition) is 0. The van der Waals surface area contributed by atoms with Crippen LogP contribution in [-0.2, 0) is 11.2 Å². The number of morpholine rings is 1. The monoisotopic (exact) mass is 321 g/mol. The molecule has 22 heavy (non-hydrogen) atoms. The van der Waals surface area contributed by atoms with Gasteiger partial charge >= 0.3 is 0 Å². The molecule has 3 rings (SSSR count). The van der Waals surface area contributed by atoms with Gasteiger partial charge in [0.2, 0.25) is 5.89 Å². The second-order valence-corrected chi connectivity index (χ2v) is 5.92. The summed E-state index contributed by atoms with van der Waals surface area (Å²) in [5.41, 5.74) is 1.14. The minimum atomic E-state index is 0.0435. The standard InChI is InChI=1S/C16H20ClN3O2/c1-3-15-18-16(22-19-15)11(2)20-8-9-21-14(10-20)12-4-6-13(17)7-5-12/h4-7,11,14H,3,8-10H2,1-2H3. The fraction of sp³-hybridized carbons (Fsp3) is 0.500. The lowest BCUT2D eigenvalue weighted by molar-refractivity contribution is -0.0469. The molecule has 1 saturated heterocycles. The third kappa shape index (κ3) is 3.32. The molecule has 118 valence electrons. The zero-order valence-corrected chi connectivity index (χ0v) is 13.6. The maximum atomic E-state index is 5.95. The van der Waals surface area contributed by atoms with E-state index >= 15 is 0 Å². The van der Waals surface area contributed by atoms with Gasteiger partial charge in [0.1, 0.15) is 0 Å². The zero-order valence-electron chi connectivity index (χ0n) is 12.8. The smallest absolute Gasteiger partial charge is 0.243 e. The van der Waals surface area contributed by atoms with E-state index in [-0.39, 0.29) is 12.1 Å². The molecule has 0 bridgehead atoms. The van der Waals surface area contributed by atoms with Gasteiger partial charge in [0, 0.05) is 24.5 Å². The molecular weight excluding hydrogens is 302 g/mol. The van der Waals surface area contributed by atoms with Crippen LogP contribution >= 0.6 is 11.6 Å². The van der Waals surface area contributed by atoms with Gasteiger partial charge in [-0.25, -0.2) is 0 Å². The summed E-state index contributed by atoms with van der Waals surface area (Å²) in [6.45, 7) is 6.45. The highest BCUT2D eigenvalue weighted by Gasteiger charge is 2.28. The Morgan fingerprint density at radius 3 is 2.82 bits per heavy atom. The van der Waals surface area contributed by atoms with Gasteiger partial charge in [-0.1, -0.05) is 35.8 Å². The molecule has 0 radical (unpaired) electrons. The van der Waals surface area contributed by atoms with Gasteiger partial charge in [-0.05, 0) is 24.6 Å². The first-order valence-corrected chi connectivity index (χ1v) is 7.98. The van der Waals surface area contributed by atoms with E-state index in [1.54, 1.807) is 0 Å². The van der Waals surface area contributed by atoms with Crippen LogP contribution in [0.5, 0.6) is 0 Å². The van der Waals surface area contributed by atoms with Crippen LogP contribution in [-0.4, -0.2) is 34.7 Å². The Balaban J connectivity index is 1.70. The average Bonchev–Trinajstić information content (AvgIpc) is 3.04. The van der Waals surface area contributed by atoms with Crippen molar-refractivity contribution in [2.45, 2.75) is 32.4 Å². The number of halogens is 1. The van der Waals surface area contributed by atoms with E-state index in [0.717, 1.165) is 35.9 Å². The Hall–Kier alpha value is -1.43. The Kier molecular flexibility index (Phi) is 4.76. The summed E-state index contributed by atoms with van der Waals surface area (Å²) in [5.74, 6) is 1.43. The van der Waals surface area contributed by atoms with Gasteiger partial charge in [-0.3, -0.25) is 4.90 Å². The van der Waals surface area contributed by atoms with E-state index in [1.807, 2.05) is 31.2 Å². The molecule has 0 saturated carbocycles. The summed E-state index contributed by atoms with van der Waals surface area (Å²) in [4.78, 5) is 6.75. The maximum absolute atomic E-state index is 5.95. The minimum absolute atomic E-state index is 0.0435. The maximum Gasteiger partial charge on any atom is 0.243 e. The van der Waals surface area contributed by atoms with Crippen molar-refractivity contribution in [3.63, 3.8) is 0 Å². The lowest BCUT2D eigenvalue weighted by Gasteiger charge is -2.35. The zero-order chi connectivity index (χ0) is 15.5. The van der Waals surface area contributed by atoms with Crippen LogP contribution in [0.25, 0.3) is 0 Å². The molecule has 1 aromatic heterocycles. The van der Waals surface area contributed by atoms with Crippen molar-refractivity contribution in [1.82, 2.24) is 15.0 Å². The predicted octanol–water partition coefficient (Wildman–Crippen LogP) is 3.42. The largest absolute Gasteiger partial charge is 0.371 e. The van der Waals surface area contributed by atoms with E-state index in [9.17, 15) is 0 Å². The number of nitrogens with zero attached hydrogens (tertiary/aromatic N) is 3. The number of hydrogen-bond acceptors (Lipinski definition) is 5. The van der Waals surface area contributed by atoms with Gasteiger partial charge in [0.25, 0.3) is 0 Å². The summed E-state index contributed by atoms with van der Waals surface area (Å²) in [6, 6.07) is 7.92. The van der Waals surface area contributed by atoms with E-state index in [1.165, 1.54) is 0 Å². The van der Waals surface area contributed by atoms with Gasteiger partial charge in [0.05, 0.1) is 18.8 Å². The summed E-state index contributed by atoms with van der Waals surface area (Å²) < 4.78 is 11.3. The topological polar surface area (TPSA) is 51.4 Å². The molecule has 1 aromatic carbocycles. The second-order valence-electron chi connectivity index (χ2n) is 5.48. The van der Waals surface area contributed by atoms with Gasteiger partial charge in [-0.15, -0.1) is 0 Å². The van der Waals surface area contributed by atoms with Gasteiger partial charge in [0.15, 0.2) is 5.82 Å². The number of benzene rings is 1. The highest BCUT2D eigenvalue weighted by atomic mass is 35.5. The first kappa shape index (κ1) is 15.5. The van der Waals surface area contributed by atoms with Crippen LogP contribution in [0.3, 0.4) is 0 Å². The molecule has 6 heteroatoms.